The molecule has 8 atom stereocenters. The first-order chi connectivity index (χ1) is 22.7. The SMILES string of the molecule is CC(C)C1C(=O)C[C@]2(NC(=O)c3ccncc3)CC[C@]3(C)C(=C12)CC[C@@H]1[C@@]2(C)CC[C@H](OC(=O)CC(C)(C)C(=O)O)C(C)(C)[C@@H]2CC[C@]13C. The van der Waals surface area contributed by atoms with Crippen LogP contribution in [0.3, 0.4) is 0 Å². The standard InChI is InChI=1S/C41H58N2O6/c1-24(2)32-27(44)22-41(43-34(46)25-14-20-42-21-15-25)19-18-39(8)26(33(32)41)10-11-29-38(7)16-13-30(49-31(45)23-36(3,4)35(47)48)37(5,6)28(38)12-17-40(29,39)9/h14-15,20-21,24,28-30,32H,10-13,16-19,22-23H2,1-9H3,(H,43,46)(H,47,48)/t28-,29+,30-,32?,38-,39+,40+,41+/m0/s1. The summed E-state index contributed by atoms with van der Waals surface area (Å²) in [5.41, 5.74) is 1.11. The molecule has 4 saturated carbocycles. The van der Waals surface area contributed by atoms with Gasteiger partial charge in [0.05, 0.1) is 17.4 Å². The summed E-state index contributed by atoms with van der Waals surface area (Å²) in [5.74, 6) is -0.530. The fourth-order valence-corrected chi connectivity index (χ4v) is 12.3. The minimum atomic E-state index is -1.17. The van der Waals surface area contributed by atoms with Crippen LogP contribution in [0.1, 0.15) is 137 Å². The van der Waals surface area contributed by atoms with E-state index in [0.717, 1.165) is 51.4 Å². The number of Topliss-reactive ketones (excluding diaryl/α,β-unsaturated/α-hetero) is 1. The summed E-state index contributed by atoms with van der Waals surface area (Å²) in [4.78, 5) is 56.4. The van der Waals surface area contributed by atoms with Crippen molar-refractivity contribution in [2.45, 2.75) is 138 Å². The second-order valence-corrected chi connectivity index (χ2v) is 18.7. The van der Waals surface area contributed by atoms with Crippen molar-refractivity contribution in [3.8, 4) is 0 Å². The average Bonchev–Trinajstić information content (AvgIpc) is 3.30. The number of ketones is 1. The quantitative estimate of drug-likeness (QED) is 0.222. The van der Waals surface area contributed by atoms with Gasteiger partial charge >= 0.3 is 11.9 Å². The first-order valence-electron chi connectivity index (χ1n) is 18.7. The highest BCUT2D eigenvalue weighted by atomic mass is 16.5. The molecule has 5 aliphatic rings. The monoisotopic (exact) mass is 674 g/mol. The molecule has 0 saturated heterocycles. The fourth-order valence-electron chi connectivity index (χ4n) is 12.3. The van der Waals surface area contributed by atoms with E-state index < -0.39 is 22.9 Å². The van der Waals surface area contributed by atoms with Crippen molar-refractivity contribution in [3.63, 3.8) is 0 Å². The second-order valence-electron chi connectivity index (χ2n) is 18.7. The molecule has 6 rings (SSSR count). The van der Waals surface area contributed by atoms with E-state index in [0.29, 0.717) is 23.8 Å². The lowest BCUT2D eigenvalue weighted by Crippen LogP contribution is -2.65. The maximum atomic E-state index is 13.9. The van der Waals surface area contributed by atoms with E-state index in [-0.39, 0.29) is 57.7 Å². The van der Waals surface area contributed by atoms with Crippen molar-refractivity contribution < 1.29 is 29.0 Å². The number of pyridine rings is 1. The molecule has 8 nitrogen and oxygen atoms in total. The number of ether oxygens (including phenoxy) is 1. The van der Waals surface area contributed by atoms with Gasteiger partial charge in [0.2, 0.25) is 0 Å². The number of nitrogens with one attached hydrogen (secondary N) is 1. The number of allylic oxidation sites excluding steroid dienone is 1. The number of hydrogen-bond acceptors (Lipinski definition) is 6. The summed E-state index contributed by atoms with van der Waals surface area (Å²) in [7, 11) is 0. The zero-order valence-electron chi connectivity index (χ0n) is 31.2. The van der Waals surface area contributed by atoms with E-state index in [1.54, 1.807) is 38.4 Å². The summed E-state index contributed by atoms with van der Waals surface area (Å²) >= 11 is 0. The molecule has 268 valence electrons. The Morgan fingerprint density at radius 1 is 0.980 bits per heavy atom. The van der Waals surface area contributed by atoms with Gasteiger partial charge in [-0.25, -0.2) is 0 Å². The fraction of sp³-hybridized carbons (Fsp3) is 0.732. The summed E-state index contributed by atoms with van der Waals surface area (Å²) in [6, 6.07) is 3.48. The van der Waals surface area contributed by atoms with Gasteiger partial charge in [0.15, 0.2) is 0 Å². The Kier molecular flexibility index (Phi) is 8.59. The predicted molar refractivity (Wildman–Crippen MR) is 187 cm³/mol. The Morgan fingerprint density at radius 3 is 2.29 bits per heavy atom. The topological polar surface area (TPSA) is 123 Å². The molecule has 1 unspecified atom stereocenters. The van der Waals surface area contributed by atoms with E-state index in [2.05, 4.69) is 58.8 Å². The third-order valence-electron chi connectivity index (χ3n) is 15.0. The lowest BCUT2D eigenvalue weighted by Gasteiger charge is -2.70. The molecule has 2 N–H and O–H groups in total. The van der Waals surface area contributed by atoms with E-state index in [1.165, 1.54) is 11.1 Å². The van der Waals surface area contributed by atoms with E-state index in [1.807, 2.05) is 0 Å². The lowest BCUT2D eigenvalue weighted by molar-refractivity contribution is -0.214. The summed E-state index contributed by atoms with van der Waals surface area (Å²) in [6.07, 6.45) is 10.7. The molecule has 0 bridgehead atoms. The number of hydrogen-bond donors (Lipinski definition) is 2. The molecule has 49 heavy (non-hydrogen) atoms. The van der Waals surface area contributed by atoms with Crippen LogP contribution in [0.25, 0.3) is 0 Å². The number of rotatable bonds is 7. The number of amides is 1. The molecule has 1 aromatic heterocycles. The van der Waals surface area contributed by atoms with Crippen LogP contribution >= 0.6 is 0 Å². The van der Waals surface area contributed by atoms with Gasteiger partial charge < -0.3 is 15.2 Å². The molecule has 1 aromatic rings. The maximum Gasteiger partial charge on any atom is 0.309 e. The zero-order valence-corrected chi connectivity index (χ0v) is 31.2. The Balaban J connectivity index is 1.33. The highest BCUT2D eigenvalue weighted by Gasteiger charge is 2.69. The van der Waals surface area contributed by atoms with Crippen LogP contribution in [0, 0.1) is 50.7 Å². The third-order valence-corrected chi connectivity index (χ3v) is 15.0. The van der Waals surface area contributed by atoms with Crippen LogP contribution in [0.4, 0.5) is 0 Å². The normalized spacial score (nSPS) is 38.2. The number of esters is 1. The van der Waals surface area contributed by atoms with Crippen LogP contribution in [0.5, 0.6) is 0 Å². The Bertz CT molecular complexity index is 1580. The van der Waals surface area contributed by atoms with Crippen molar-refractivity contribution in [1.82, 2.24) is 10.3 Å². The largest absolute Gasteiger partial charge is 0.481 e. The number of carboxylic acid groups (broad SMARTS) is 1. The smallest absolute Gasteiger partial charge is 0.309 e. The number of aromatic nitrogens is 1. The number of carboxylic acids is 1. The van der Waals surface area contributed by atoms with Gasteiger partial charge in [0.1, 0.15) is 11.9 Å². The minimum Gasteiger partial charge on any atom is -0.481 e. The van der Waals surface area contributed by atoms with Gasteiger partial charge in [-0.15, -0.1) is 0 Å². The predicted octanol–water partition coefficient (Wildman–Crippen LogP) is 7.96. The molecule has 1 amide bonds. The van der Waals surface area contributed by atoms with Gasteiger partial charge in [-0.1, -0.05) is 54.0 Å². The molecule has 0 spiro atoms. The molecule has 5 aliphatic carbocycles. The molecular weight excluding hydrogens is 616 g/mol. The molecule has 1 heterocycles. The molecular formula is C41H58N2O6. The van der Waals surface area contributed by atoms with Crippen LogP contribution < -0.4 is 5.32 Å². The van der Waals surface area contributed by atoms with Gasteiger partial charge in [-0.3, -0.25) is 24.2 Å². The van der Waals surface area contributed by atoms with Crippen molar-refractivity contribution in [2.75, 3.05) is 0 Å². The minimum absolute atomic E-state index is 0.0123. The summed E-state index contributed by atoms with van der Waals surface area (Å²) in [5, 5.41) is 13.0. The van der Waals surface area contributed by atoms with Crippen molar-refractivity contribution in [1.29, 1.82) is 0 Å². The maximum absolute atomic E-state index is 13.9. The van der Waals surface area contributed by atoms with Gasteiger partial charge in [-0.2, -0.15) is 0 Å². The summed E-state index contributed by atoms with van der Waals surface area (Å²) < 4.78 is 6.14. The zero-order chi connectivity index (χ0) is 35.9. The van der Waals surface area contributed by atoms with Crippen molar-refractivity contribution in [3.05, 3.63) is 41.2 Å². The molecule has 4 fully saturated rings. The average molecular weight is 675 g/mol. The molecule has 0 aliphatic heterocycles. The van der Waals surface area contributed by atoms with Crippen molar-refractivity contribution >= 4 is 23.6 Å². The van der Waals surface area contributed by atoms with E-state index >= 15 is 0 Å². The second kappa shape index (κ2) is 11.8. The highest BCUT2D eigenvalue weighted by molar-refractivity contribution is 5.98. The van der Waals surface area contributed by atoms with Crippen LogP contribution in [0.15, 0.2) is 35.7 Å². The number of nitrogens with zero attached hydrogens (tertiary/aromatic N) is 1. The molecule has 0 aromatic carbocycles. The van der Waals surface area contributed by atoms with E-state index in [9.17, 15) is 24.3 Å². The number of carbonyl (C=O) groups excluding carboxylic acids is 3. The van der Waals surface area contributed by atoms with Crippen LogP contribution in [-0.4, -0.2) is 45.4 Å². The summed E-state index contributed by atoms with van der Waals surface area (Å²) in [6.45, 7) is 19.5. The third kappa shape index (κ3) is 5.32. The first-order valence-corrected chi connectivity index (χ1v) is 18.7. The first kappa shape index (κ1) is 35.8. The number of aliphatic carboxylic acids is 1. The Labute approximate surface area is 292 Å². The van der Waals surface area contributed by atoms with E-state index in [4.69, 9.17) is 4.74 Å². The van der Waals surface area contributed by atoms with Crippen molar-refractivity contribution in [2.24, 2.45) is 50.7 Å². The molecule has 0 radical (unpaired) electrons. The van der Waals surface area contributed by atoms with Crippen LogP contribution in [0.2, 0.25) is 0 Å². The molecule has 8 heteroatoms. The number of fused-ring (bicyclic) bond motifs is 6. The van der Waals surface area contributed by atoms with Gasteiger partial charge in [0, 0.05) is 35.7 Å². The highest BCUT2D eigenvalue weighted by Crippen LogP contribution is 2.75. The van der Waals surface area contributed by atoms with Crippen LogP contribution in [-0.2, 0) is 19.1 Å². The lowest BCUT2D eigenvalue weighted by atomic mass is 9.34. The Morgan fingerprint density at radius 2 is 1.65 bits per heavy atom. The number of carbonyl (C=O) groups is 4. The van der Waals surface area contributed by atoms with Gasteiger partial charge in [0.25, 0.3) is 5.91 Å². The Hall–Kier alpha value is -3.03. The van der Waals surface area contributed by atoms with Gasteiger partial charge in [-0.05, 0) is 117 Å².